The Kier molecular flexibility index (Phi) is 4.08. The zero-order valence-corrected chi connectivity index (χ0v) is 10.2. The molecule has 1 nitrogen and oxygen atoms in total. The van der Waals surface area contributed by atoms with Crippen molar-refractivity contribution in [2.24, 2.45) is 0 Å². The monoisotopic (exact) mass is 281 g/mol. The molecule has 0 heterocycles. The normalized spacial score (nSPS) is 10.4. The van der Waals surface area contributed by atoms with Gasteiger partial charge in [-0.05, 0) is 12.1 Å². The molecule has 20 heavy (non-hydrogen) atoms. The van der Waals surface area contributed by atoms with Crippen LogP contribution in [0.2, 0.25) is 0 Å². The summed E-state index contributed by atoms with van der Waals surface area (Å²) in [6, 6.07) is 5.35. The lowest BCUT2D eigenvalue weighted by Gasteiger charge is -2.09. The number of hydrogen-bond donors (Lipinski definition) is 0. The van der Waals surface area contributed by atoms with Gasteiger partial charge < -0.3 is 4.74 Å². The summed E-state index contributed by atoms with van der Waals surface area (Å²) in [4.78, 5) is 0. The predicted octanol–water partition coefficient (Wildman–Crippen LogP) is 4.27. The molecule has 0 spiro atoms. The first-order chi connectivity index (χ1) is 9.52. The molecule has 0 amide bonds. The molecule has 2 aromatic rings. The molecule has 0 saturated heterocycles. The van der Waals surface area contributed by atoms with Gasteiger partial charge >= 0.3 is 0 Å². The van der Waals surface area contributed by atoms with Crippen LogP contribution in [0.25, 0.3) is 11.1 Å². The van der Waals surface area contributed by atoms with E-state index < -0.39 is 34.4 Å². The van der Waals surface area contributed by atoms with Crippen molar-refractivity contribution in [3.05, 3.63) is 66.3 Å². The van der Waals surface area contributed by atoms with Crippen molar-refractivity contribution in [2.75, 3.05) is 6.61 Å². The zero-order chi connectivity index (χ0) is 14.7. The summed E-state index contributed by atoms with van der Waals surface area (Å²) < 4.78 is 59.1. The van der Waals surface area contributed by atoms with E-state index >= 15 is 0 Å². The van der Waals surface area contributed by atoms with E-state index in [-0.39, 0.29) is 12.4 Å². The third-order valence-electron chi connectivity index (χ3n) is 2.49. The van der Waals surface area contributed by atoms with Crippen LogP contribution in [-0.4, -0.2) is 6.61 Å². The Hall–Kier alpha value is -2.30. The minimum absolute atomic E-state index is 0.0498. The van der Waals surface area contributed by atoms with Gasteiger partial charge in [0.15, 0.2) is 0 Å². The van der Waals surface area contributed by atoms with Gasteiger partial charge in [0.25, 0.3) is 0 Å². The Bertz CT molecular complexity index is 629. The van der Waals surface area contributed by atoms with Gasteiger partial charge in [-0.3, -0.25) is 0 Å². The van der Waals surface area contributed by atoms with E-state index in [4.69, 9.17) is 4.74 Å². The van der Waals surface area contributed by atoms with Crippen molar-refractivity contribution in [1.29, 1.82) is 0 Å². The van der Waals surface area contributed by atoms with Crippen LogP contribution in [0.4, 0.5) is 17.6 Å². The lowest BCUT2D eigenvalue weighted by molar-refractivity contribution is 0.358. The summed E-state index contributed by atoms with van der Waals surface area (Å²) in [5.41, 5.74) is -1.09. The van der Waals surface area contributed by atoms with Crippen molar-refractivity contribution in [3.8, 4) is 16.9 Å². The van der Waals surface area contributed by atoms with Gasteiger partial charge in [0, 0.05) is 23.8 Å². The second-order valence-corrected chi connectivity index (χ2v) is 3.90. The Morgan fingerprint density at radius 3 is 2.25 bits per heavy atom. The Morgan fingerprint density at radius 1 is 1.05 bits per heavy atom. The molecule has 0 saturated carbocycles. The van der Waals surface area contributed by atoms with Crippen molar-refractivity contribution < 1.29 is 22.3 Å². The molecular formula is C15H9F4O. The third-order valence-corrected chi connectivity index (χ3v) is 2.49. The molecule has 2 aromatic carbocycles. The van der Waals surface area contributed by atoms with Crippen molar-refractivity contribution >= 4 is 0 Å². The molecule has 0 N–H and O–H groups in total. The van der Waals surface area contributed by atoms with Gasteiger partial charge in [0.2, 0.25) is 0 Å². The van der Waals surface area contributed by atoms with Crippen LogP contribution in [-0.2, 0) is 0 Å². The molecule has 0 unspecified atom stereocenters. The van der Waals surface area contributed by atoms with E-state index in [0.29, 0.717) is 6.07 Å². The van der Waals surface area contributed by atoms with Gasteiger partial charge in [-0.1, -0.05) is 12.7 Å². The first kappa shape index (κ1) is 14.1. The highest BCUT2D eigenvalue weighted by Gasteiger charge is 2.18. The second kappa shape index (κ2) is 5.77. The summed E-state index contributed by atoms with van der Waals surface area (Å²) in [5, 5.41) is 0. The highest BCUT2D eigenvalue weighted by atomic mass is 19.1. The average Bonchev–Trinajstić information content (AvgIpc) is 2.38. The molecule has 0 aliphatic carbocycles. The van der Waals surface area contributed by atoms with E-state index in [1.54, 1.807) is 0 Å². The highest BCUT2D eigenvalue weighted by molar-refractivity contribution is 5.66. The SMILES string of the molecule is C=CCOc1cc(F)c(-c2[c]cc(F)cc2F)c(F)c1. The van der Waals surface area contributed by atoms with Gasteiger partial charge in [-0.25, -0.2) is 17.6 Å². The summed E-state index contributed by atoms with van der Waals surface area (Å²) in [6.07, 6.45) is 1.41. The zero-order valence-electron chi connectivity index (χ0n) is 10.2. The maximum Gasteiger partial charge on any atom is 0.137 e. The Balaban J connectivity index is 2.49. The van der Waals surface area contributed by atoms with Crippen molar-refractivity contribution in [1.82, 2.24) is 0 Å². The van der Waals surface area contributed by atoms with Crippen LogP contribution >= 0.6 is 0 Å². The van der Waals surface area contributed by atoms with Gasteiger partial charge in [-0.2, -0.15) is 0 Å². The van der Waals surface area contributed by atoms with E-state index in [0.717, 1.165) is 18.2 Å². The Labute approximate surface area is 113 Å². The lowest BCUT2D eigenvalue weighted by atomic mass is 10.0. The third kappa shape index (κ3) is 2.82. The number of ether oxygens (including phenoxy) is 1. The number of rotatable bonds is 4. The van der Waals surface area contributed by atoms with E-state index in [2.05, 4.69) is 12.6 Å². The fourth-order valence-corrected chi connectivity index (χ4v) is 1.66. The van der Waals surface area contributed by atoms with Crippen LogP contribution in [0.15, 0.2) is 36.9 Å². The van der Waals surface area contributed by atoms with Gasteiger partial charge in [-0.15, -0.1) is 0 Å². The largest absolute Gasteiger partial charge is 0.489 e. The quantitative estimate of drug-likeness (QED) is 0.600. The first-order valence-electron chi connectivity index (χ1n) is 5.62. The predicted molar refractivity (Wildman–Crippen MR) is 66.2 cm³/mol. The van der Waals surface area contributed by atoms with Crippen LogP contribution in [0.3, 0.4) is 0 Å². The van der Waals surface area contributed by atoms with Crippen molar-refractivity contribution in [2.45, 2.75) is 0 Å². The van der Waals surface area contributed by atoms with Crippen LogP contribution in [0.1, 0.15) is 0 Å². The molecular weight excluding hydrogens is 272 g/mol. The minimum atomic E-state index is -1.09. The Morgan fingerprint density at radius 2 is 1.70 bits per heavy atom. The van der Waals surface area contributed by atoms with E-state index in [9.17, 15) is 17.6 Å². The minimum Gasteiger partial charge on any atom is -0.489 e. The van der Waals surface area contributed by atoms with Crippen LogP contribution in [0, 0.1) is 29.3 Å². The van der Waals surface area contributed by atoms with E-state index in [1.807, 2.05) is 0 Å². The molecule has 2 rings (SSSR count). The summed E-state index contributed by atoms with van der Waals surface area (Å²) >= 11 is 0. The number of halogens is 4. The standard InChI is InChI=1S/C15H9F4O/c1-2-5-20-10-7-13(18)15(14(19)8-10)11-4-3-9(16)6-12(11)17/h2-3,6-8H,1,5H2. The summed E-state index contributed by atoms with van der Waals surface area (Å²) in [7, 11) is 0. The fraction of sp³-hybridized carbons (Fsp3) is 0.0667. The topological polar surface area (TPSA) is 9.23 Å². The molecule has 1 radical (unpaired) electrons. The molecule has 0 aliphatic rings. The molecule has 0 aliphatic heterocycles. The van der Waals surface area contributed by atoms with Crippen LogP contribution in [0.5, 0.6) is 5.75 Å². The maximum absolute atomic E-state index is 13.9. The van der Waals surface area contributed by atoms with Crippen LogP contribution < -0.4 is 4.74 Å². The summed E-state index contributed by atoms with van der Waals surface area (Å²) in [6.45, 7) is 3.48. The lowest BCUT2D eigenvalue weighted by Crippen LogP contribution is -1.98. The molecule has 0 aromatic heterocycles. The average molecular weight is 281 g/mol. The second-order valence-electron chi connectivity index (χ2n) is 3.90. The molecule has 0 fully saturated rings. The maximum atomic E-state index is 13.9. The fourth-order valence-electron chi connectivity index (χ4n) is 1.66. The van der Waals surface area contributed by atoms with Gasteiger partial charge in [0.1, 0.15) is 35.6 Å². The smallest absolute Gasteiger partial charge is 0.137 e. The molecule has 0 atom stereocenters. The van der Waals surface area contributed by atoms with Crippen molar-refractivity contribution in [3.63, 3.8) is 0 Å². The highest BCUT2D eigenvalue weighted by Crippen LogP contribution is 2.31. The summed E-state index contributed by atoms with van der Waals surface area (Å²) in [5.74, 6) is -4.07. The number of hydrogen-bond acceptors (Lipinski definition) is 1. The first-order valence-corrected chi connectivity index (χ1v) is 5.62. The van der Waals surface area contributed by atoms with Gasteiger partial charge in [0.05, 0.1) is 5.56 Å². The molecule has 0 bridgehead atoms. The van der Waals surface area contributed by atoms with E-state index in [1.165, 1.54) is 6.08 Å². The molecule has 103 valence electrons. The molecule has 5 heteroatoms. The number of benzene rings is 2.